The van der Waals surface area contributed by atoms with Crippen LogP contribution >= 0.6 is 11.3 Å². The SMILES string of the molecule is Cc1c(C(=O)NCc2ccccc2N2CCN(C)CC2)sc2nc(C(F)(F)F)ccc12. The first kappa shape index (κ1) is 21.6. The smallest absolute Gasteiger partial charge is 0.369 e. The largest absolute Gasteiger partial charge is 0.433 e. The van der Waals surface area contributed by atoms with Gasteiger partial charge in [0.2, 0.25) is 0 Å². The van der Waals surface area contributed by atoms with Gasteiger partial charge in [-0.1, -0.05) is 18.2 Å². The number of hydrogen-bond acceptors (Lipinski definition) is 5. The number of piperazine rings is 1. The van der Waals surface area contributed by atoms with Crippen molar-refractivity contribution in [3.63, 3.8) is 0 Å². The fourth-order valence-electron chi connectivity index (χ4n) is 3.75. The lowest BCUT2D eigenvalue weighted by Gasteiger charge is -2.35. The Hall–Kier alpha value is -2.65. The number of fused-ring (bicyclic) bond motifs is 1. The summed E-state index contributed by atoms with van der Waals surface area (Å²) < 4.78 is 38.9. The van der Waals surface area contributed by atoms with Gasteiger partial charge < -0.3 is 15.1 Å². The van der Waals surface area contributed by atoms with Crippen LogP contribution in [0.4, 0.5) is 18.9 Å². The van der Waals surface area contributed by atoms with Crippen molar-refractivity contribution in [2.45, 2.75) is 19.6 Å². The molecule has 1 aliphatic heterocycles. The maximum Gasteiger partial charge on any atom is 0.433 e. The second-order valence-corrected chi connectivity index (χ2v) is 8.70. The molecule has 1 N–H and O–H groups in total. The number of anilines is 1. The number of para-hydroxylation sites is 1. The molecule has 3 aromatic rings. The fourth-order valence-corrected chi connectivity index (χ4v) is 4.84. The summed E-state index contributed by atoms with van der Waals surface area (Å²) in [6.45, 7) is 5.88. The van der Waals surface area contributed by atoms with Crippen molar-refractivity contribution in [1.29, 1.82) is 0 Å². The van der Waals surface area contributed by atoms with Gasteiger partial charge >= 0.3 is 6.18 Å². The Kier molecular flexibility index (Phi) is 5.90. The highest BCUT2D eigenvalue weighted by Gasteiger charge is 2.33. The molecule has 1 fully saturated rings. The van der Waals surface area contributed by atoms with E-state index in [4.69, 9.17) is 0 Å². The number of nitrogens with one attached hydrogen (secondary N) is 1. The Morgan fingerprint density at radius 2 is 1.84 bits per heavy atom. The van der Waals surface area contributed by atoms with E-state index < -0.39 is 11.9 Å². The minimum atomic E-state index is -4.51. The molecule has 5 nitrogen and oxygen atoms in total. The predicted octanol–water partition coefficient (Wildman–Crippen LogP) is 4.31. The maximum absolute atomic E-state index is 13.0. The molecule has 164 valence electrons. The van der Waals surface area contributed by atoms with Gasteiger partial charge in [-0.2, -0.15) is 13.2 Å². The number of thiophene rings is 1. The lowest BCUT2D eigenvalue weighted by molar-refractivity contribution is -0.140. The number of nitrogens with zero attached hydrogens (tertiary/aromatic N) is 3. The average molecular weight is 449 g/mol. The van der Waals surface area contributed by atoms with Crippen molar-refractivity contribution in [1.82, 2.24) is 15.2 Å². The van der Waals surface area contributed by atoms with Gasteiger partial charge in [0.25, 0.3) is 5.91 Å². The van der Waals surface area contributed by atoms with E-state index in [1.54, 1.807) is 6.92 Å². The molecule has 1 aliphatic rings. The normalized spacial score (nSPS) is 15.5. The van der Waals surface area contributed by atoms with Crippen LogP contribution in [0.1, 0.15) is 26.5 Å². The minimum Gasteiger partial charge on any atom is -0.369 e. The number of benzene rings is 1. The Bertz CT molecular complexity index is 1100. The van der Waals surface area contributed by atoms with Gasteiger partial charge in [-0.15, -0.1) is 11.3 Å². The number of rotatable bonds is 4. The Labute approximate surface area is 182 Å². The third-order valence-electron chi connectivity index (χ3n) is 5.58. The van der Waals surface area contributed by atoms with Crippen LogP contribution in [0.25, 0.3) is 10.2 Å². The third kappa shape index (κ3) is 4.52. The van der Waals surface area contributed by atoms with Crippen LogP contribution in [-0.4, -0.2) is 49.0 Å². The van der Waals surface area contributed by atoms with Crippen molar-refractivity contribution < 1.29 is 18.0 Å². The monoisotopic (exact) mass is 448 g/mol. The Balaban J connectivity index is 1.52. The zero-order valence-electron chi connectivity index (χ0n) is 17.3. The molecule has 1 amide bonds. The van der Waals surface area contributed by atoms with E-state index in [1.165, 1.54) is 6.07 Å². The van der Waals surface area contributed by atoms with Crippen molar-refractivity contribution in [3.8, 4) is 0 Å². The van der Waals surface area contributed by atoms with Gasteiger partial charge in [-0.25, -0.2) is 4.98 Å². The van der Waals surface area contributed by atoms with E-state index in [0.29, 0.717) is 22.4 Å². The summed E-state index contributed by atoms with van der Waals surface area (Å²) in [4.78, 5) is 21.8. The summed E-state index contributed by atoms with van der Waals surface area (Å²) in [5.74, 6) is -0.303. The molecule has 0 saturated carbocycles. The number of carbonyl (C=O) groups excluding carboxylic acids is 1. The number of pyridine rings is 1. The summed E-state index contributed by atoms with van der Waals surface area (Å²) in [6.07, 6.45) is -4.51. The Morgan fingerprint density at radius 3 is 2.55 bits per heavy atom. The molecule has 0 atom stereocenters. The van der Waals surface area contributed by atoms with Gasteiger partial charge in [-0.05, 0) is 43.3 Å². The van der Waals surface area contributed by atoms with Crippen LogP contribution in [-0.2, 0) is 12.7 Å². The Morgan fingerprint density at radius 1 is 1.13 bits per heavy atom. The topological polar surface area (TPSA) is 48.5 Å². The van der Waals surface area contributed by atoms with Gasteiger partial charge in [0.05, 0.1) is 4.88 Å². The number of carbonyl (C=O) groups is 1. The lowest BCUT2D eigenvalue weighted by atomic mass is 10.1. The molecule has 0 bridgehead atoms. The summed E-state index contributed by atoms with van der Waals surface area (Å²) in [7, 11) is 2.10. The van der Waals surface area contributed by atoms with Crippen LogP contribution in [0.15, 0.2) is 36.4 Å². The van der Waals surface area contributed by atoms with E-state index in [2.05, 4.69) is 33.2 Å². The second kappa shape index (κ2) is 8.47. The van der Waals surface area contributed by atoms with Crippen LogP contribution < -0.4 is 10.2 Å². The average Bonchev–Trinajstić information content (AvgIpc) is 3.08. The fraction of sp³-hybridized carbons (Fsp3) is 0.364. The first-order chi connectivity index (χ1) is 14.7. The predicted molar refractivity (Wildman–Crippen MR) is 117 cm³/mol. The zero-order valence-corrected chi connectivity index (χ0v) is 18.1. The standard InChI is InChI=1S/C22H23F3N4OS/c1-14-16-7-8-18(22(23,24)25)27-21(16)31-19(14)20(30)26-13-15-5-3-4-6-17(15)29-11-9-28(2)10-12-29/h3-8H,9-13H2,1-2H3,(H,26,30). The summed E-state index contributed by atoms with van der Waals surface area (Å²) >= 11 is 0.991. The lowest BCUT2D eigenvalue weighted by Crippen LogP contribution is -2.45. The molecule has 0 radical (unpaired) electrons. The molecule has 3 heterocycles. The van der Waals surface area contributed by atoms with Crippen molar-refractivity contribution >= 4 is 33.1 Å². The molecule has 9 heteroatoms. The van der Waals surface area contributed by atoms with Crippen LogP contribution in [0.5, 0.6) is 0 Å². The highest BCUT2D eigenvalue weighted by Crippen LogP contribution is 2.34. The highest BCUT2D eigenvalue weighted by molar-refractivity contribution is 7.20. The minimum absolute atomic E-state index is 0.218. The molecule has 1 aromatic carbocycles. The number of amides is 1. The highest BCUT2D eigenvalue weighted by atomic mass is 32.1. The summed E-state index contributed by atoms with van der Waals surface area (Å²) in [6, 6.07) is 10.3. The summed E-state index contributed by atoms with van der Waals surface area (Å²) in [5, 5.41) is 3.50. The van der Waals surface area contributed by atoms with Gasteiger partial charge in [-0.3, -0.25) is 4.79 Å². The number of hydrogen-bond donors (Lipinski definition) is 1. The number of aromatic nitrogens is 1. The van der Waals surface area contributed by atoms with E-state index >= 15 is 0 Å². The molecule has 0 unspecified atom stereocenters. The van der Waals surface area contributed by atoms with E-state index in [0.717, 1.165) is 54.8 Å². The number of halogens is 3. The quantitative estimate of drug-likeness (QED) is 0.647. The van der Waals surface area contributed by atoms with Crippen LogP contribution in [0.2, 0.25) is 0 Å². The van der Waals surface area contributed by atoms with E-state index in [-0.39, 0.29) is 10.7 Å². The molecule has 0 spiro atoms. The maximum atomic E-state index is 13.0. The number of alkyl halides is 3. The van der Waals surface area contributed by atoms with Crippen LogP contribution in [0, 0.1) is 6.92 Å². The summed E-state index contributed by atoms with van der Waals surface area (Å²) in [5.41, 5.74) is 1.80. The van der Waals surface area contributed by atoms with Crippen molar-refractivity contribution in [2.75, 3.05) is 38.1 Å². The molecular formula is C22H23F3N4OS. The van der Waals surface area contributed by atoms with Gasteiger partial charge in [0, 0.05) is 43.8 Å². The van der Waals surface area contributed by atoms with Gasteiger partial charge in [0.15, 0.2) is 0 Å². The first-order valence-corrected chi connectivity index (χ1v) is 10.8. The molecular weight excluding hydrogens is 425 g/mol. The third-order valence-corrected chi connectivity index (χ3v) is 6.78. The molecule has 31 heavy (non-hydrogen) atoms. The second-order valence-electron chi connectivity index (χ2n) is 7.70. The molecule has 4 rings (SSSR count). The molecule has 2 aromatic heterocycles. The number of aryl methyl sites for hydroxylation is 1. The first-order valence-electron chi connectivity index (χ1n) is 10.0. The van der Waals surface area contributed by atoms with E-state index in [1.807, 2.05) is 18.2 Å². The zero-order chi connectivity index (χ0) is 22.2. The molecule has 0 aliphatic carbocycles. The van der Waals surface area contributed by atoms with Crippen LogP contribution in [0.3, 0.4) is 0 Å². The van der Waals surface area contributed by atoms with Gasteiger partial charge in [0.1, 0.15) is 10.5 Å². The van der Waals surface area contributed by atoms with E-state index in [9.17, 15) is 18.0 Å². The molecule has 1 saturated heterocycles. The van der Waals surface area contributed by atoms with Crippen molar-refractivity contribution in [2.24, 2.45) is 0 Å². The number of likely N-dealkylation sites (N-methyl/N-ethyl adjacent to an activating group) is 1. The van der Waals surface area contributed by atoms with Crippen molar-refractivity contribution in [3.05, 3.63) is 58.1 Å².